The first-order valence-corrected chi connectivity index (χ1v) is 9.13. The van der Waals surface area contributed by atoms with Gasteiger partial charge in [-0.2, -0.15) is 0 Å². The van der Waals surface area contributed by atoms with E-state index in [2.05, 4.69) is 28.8 Å². The molecule has 0 saturated carbocycles. The summed E-state index contributed by atoms with van der Waals surface area (Å²) in [5.74, 6) is 0.532. The van der Waals surface area contributed by atoms with Crippen molar-refractivity contribution in [3.63, 3.8) is 0 Å². The Morgan fingerprint density at radius 1 is 1.32 bits per heavy atom. The summed E-state index contributed by atoms with van der Waals surface area (Å²) < 4.78 is 26.7. The van der Waals surface area contributed by atoms with E-state index < -0.39 is 10.0 Å². The van der Waals surface area contributed by atoms with Gasteiger partial charge < -0.3 is 10.2 Å². The van der Waals surface area contributed by atoms with Gasteiger partial charge in [-0.1, -0.05) is 13.8 Å². The normalized spacial score (nSPS) is 20.9. The number of likely N-dealkylation sites (N-methyl/N-ethyl adjacent to an activating group) is 1. The highest BCUT2D eigenvalue weighted by molar-refractivity contribution is 7.89. The monoisotopic (exact) mass is 291 g/mol. The van der Waals surface area contributed by atoms with Gasteiger partial charge in [0.2, 0.25) is 10.0 Å². The lowest BCUT2D eigenvalue weighted by molar-refractivity contribution is 0.293. The molecule has 1 aliphatic rings. The van der Waals surface area contributed by atoms with Crippen LogP contribution in [0.4, 0.5) is 0 Å². The summed E-state index contributed by atoms with van der Waals surface area (Å²) in [5.41, 5.74) is 0. The van der Waals surface area contributed by atoms with Crippen LogP contribution in [0.5, 0.6) is 0 Å². The summed E-state index contributed by atoms with van der Waals surface area (Å²) in [6, 6.07) is 0. The number of piperidine rings is 1. The minimum atomic E-state index is -3.12. The van der Waals surface area contributed by atoms with E-state index in [1.54, 1.807) is 0 Å². The summed E-state index contributed by atoms with van der Waals surface area (Å²) in [5, 5.41) is 3.26. The van der Waals surface area contributed by atoms with E-state index in [-0.39, 0.29) is 11.7 Å². The fourth-order valence-corrected chi connectivity index (χ4v) is 3.96. The van der Waals surface area contributed by atoms with Crippen LogP contribution in [-0.4, -0.2) is 58.3 Å². The molecule has 0 aliphatic carbocycles. The van der Waals surface area contributed by atoms with Crippen LogP contribution < -0.4 is 10.0 Å². The Morgan fingerprint density at radius 2 is 2.11 bits per heavy atom. The third-order valence-corrected chi connectivity index (χ3v) is 5.15. The molecule has 1 atom stereocenters. The van der Waals surface area contributed by atoms with E-state index in [0.29, 0.717) is 6.54 Å². The Morgan fingerprint density at radius 3 is 2.68 bits per heavy atom. The molecule has 2 N–H and O–H groups in total. The first kappa shape index (κ1) is 16.9. The Labute approximate surface area is 118 Å². The van der Waals surface area contributed by atoms with Crippen LogP contribution in [0.1, 0.15) is 33.1 Å². The maximum atomic E-state index is 12.0. The summed E-state index contributed by atoms with van der Waals surface area (Å²) in [6.45, 7) is 9.43. The number of nitrogens with one attached hydrogen (secondary N) is 2. The number of sulfonamides is 1. The number of hydrogen-bond acceptors (Lipinski definition) is 4. The minimum absolute atomic E-state index is 0.264. The van der Waals surface area contributed by atoms with Crippen molar-refractivity contribution in [1.29, 1.82) is 0 Å². The smallest absolute Gasteiger partial charge is 0.211 e. The molecule has 0 amide bonds. The number of hydrogen-bond donors (Lipinski definition) is 2. The van der Waals surface area contributed by atoms with Crippen LogP contribution >= 0.6 is 0 Å². The summed E-state index contributed by atoms with van der Waals surface area (Å²) in [7, 11) is -3.12. The van der Waals surface area contributed by atoms with Crippen LogP contribution in [0.3, 0.4) is 0 Å². The van der Waals surface area contributed by atoms with Gasteiger partial charge in [-0.25, -0.2) is 13.1 Å². The fraction of sp³-hybridized carbons (Fsp3) is 1.00. The Balaban J connectivity index is 2.25. The van der Waals surface area contributed by atoms with Crippen molar-refractivity contribution in [3.05, 3.63) is 0 Å². The number of nitrogens with zero attached hydrogens (tertiary/aromatic N) is 1. The molecule has 19 heavy (non-hydrogen) atoms. The third kappa shape index (κ3) is 7.25. The van der Waals surface area contributed by atoms with Crippen LogP contribution in [0.25, 0.3) is 0 Å². The molecule has 1 aliphatic heterocycles. The first-order chi connectivity index (χ1) is 9.07. The average Bonchev–Trinajstić information content (AvgIpc) is 2.38. The highest BCUT2D eigenvalue weighted by Gasteiger charge is 2.20. The fourth-order valence-electron chi connectivity index (χ4n) is 2.54. The van der Waals surface area contributed by atoms with E-state index in [9.17, 15) is 8.42 Å². The molecule has 1 heterocycles. The molecule has 1 rings (SSSR count). The van der Waals surface area contributed by atoms with Gasteiger partial charge >= 0.3 is 0 Å². The third-order valence-electron chi connectivity index (χ3n) is 3.59. The standard InChI is InChI=1S/C13H29N3O2S/c1-3-9-16(4-2)10-8-15-19(17,18)12-13-6-5-7-14-11-13/h13-15H,3-12H2,1-2H3. The molecule has 0 radical (unpaired) electrons. The van der Waals surface area contributed by atoms with Crippen molar-refractivity contribution in [2.45, 2.75) is 33.1 Å². The lowest BCUT2D eigenvalue weighted by atomic mass is 10.0. The van der Waals surface area contributed by atoms with Crippen molar-refractivity contribution in [2.75, 3.05) is 45.0 Å². The van der Waals surface area contributed by atoms with Gasteiger partial charge in [0, 0.05) is 13.1 Å². The van der Waals surface area contributed by atoms with Crippen molar-refractivity contribution in [1.82, 2.24) is 14.9 Å². The molecule has 0 bridgehead atoms. The lowest BCUT2D eigenvalue weighted by Crippen LogP contribution is -2.40. The molecule has 6 heteroatoms. The summed E-state index contributed by atoms with van der Waals surface area (Å²) in [4.78, 5) is 2.27. The van der Waals surface area contributed by atoms with Gasteiger partial charge in [0.05, 0.1) is 5.75 Å². The van der Waals surface area contributed by atoms with E-state index in [0.717, 1.165) is 52.0 Å². The SMILES string of the molecule is CCCN(CC)CCNS(=O)(=O)CC1CCCNC1. The maximum Gasteiger partial charge on any atom is 0.211 e. The van der Waals surface area contributed by atoms with Gasteiger partial charge in [0.15, 0.2) is 0 Å². The second-order valence-electron chi connectivity index (χ2n) is 5.32. The molecule has 0 aromatic carbocycles. The Bertz CT molecular complexity index is 327. The lowest BCUT2D eigenvalue weighted by Gasteiger charge is -2.23. The second kappa shape index (κ2) is 8.89. The van der Waals surface area contributed by atoms with Crippen molar-refractivity contribution in [3.8, 4) is 0 Å². The summed E-state index contributed by atoms with van der Waals surface area (Å²) >= 11 is 0. The predicted octanol–water partition coefficient (Wildman–Crippen LogP) is 0.637. The maximum absolute atomic E-state index is 12.0. The van der Waals surface area contributed by atoms with Crippen LogP contribution in [0, 0.1) is 5.92 Å². The van der Waals surface area contributed by atoms with Crippen LogP contribution in [0.15, 0.2) is 0 Å². The Hall–Kier alpha value is -0.170. The molecule has 1 unspecified atom stereocenters. The highest BCUT2D eigenvalue weighted by Crippen LogP contribution is 2.11. The molecule has 1 saturated heterocycles. The zero-order chi connectivity index (χ0) is 14.1. The predicted molar refractivity (Wildman–Crippen MR) is 79.8 cm³/mol. The average molecular weight is 291 g/mol. The van der Waals surface area contributed by atoms with Crippen LogP contribution in [-0.2, 0) is 10.0 Å². The van der Waals surface area contributed by atoms with E-state index in [1.807, 2.05) is 0 Å². The first-order valence-electron chi connectivity index (χ1n) is 7.47. The largest absolute Gasteiger partial charge is 0.316 e. The zero-order valence-corrected chi connectivity index (χ0v) is 13.1. The van der Waals surface area contributed by atoms with Gasteiger partial charge in [0.25, 0.3) is 0 Å². The van der Waals surface area contributed by atoms with Gasteiger partial charge in [-0.05, 0) is 51.4 Å². The van der Waals surface area contributed by atoms with Crippen molar-refractivity contribution >= 4 is 10.0 Å². The quantitative estimate of drug-likeness (QED) is 0.654. The summed E-state index contributed by atoms with van der Waals surface area (Å²) in [6.07, 6.45) is 3.21. The minimum Gasteiger partial charge on any atom is -0.316 e. The molecule has 0 aromatic heterocycles. The van der Waals surface area contributed by atoms with Gasteiger partial charge in [-0.15, -0.1) is 0 Å². The molecule has 114 valence electrons. The second-order valence-corrected chi connectivity index (χ2v) is 7.17. The molecular formula is C13H29N3O2S. The van der Waals surface area contributed by atoms with Gasteiger partial charge in [-0.3, -0.25) is 0 Å². The number of rotatable bonds is 9. The van der Waals surface area contributed by atoms with Crippen molar-refractivity contribution in [2.24, 2.45) is 5.92 Å². The zero-order valence-electron chi connectivity index (χ0n) is 12.3. The molecule has 0 aromatic rings. The molecule has 0 spiro atoms. The topological polar surface area (TPSA) is 61.4 Å². The Kier molecular flexibility index (Phi) is 7.90. The molecular weight excluding hydrogens is 262 g/mol. The van der Waals surface area contributed by atoms with Gasteiger partial charge in [0.1, 0.15) is 0 Å². The molecule has 5 nitrogen and oxygen atoms in total. The van der Waals surface area contributed by atoms with E-state index in [1.165, 1.54) is 0 Å². The van der Waals surface area contributed by atoms with Crippen LogP contribution in [0.2, 0.25) is 0 Å². The van der Waals surface area contributed by atoms with E-state index in [4.69, 9.17) is 0 Å². The van der Waals surface area contributed by atoms with E-state index >= 15 is 0 Å². The van der Waals surface area contributed by atoms with Crippen molar-refractivity contribution < 1.29 is 8.42 Å². The molecule has 1 fully saturated rings. The highest BCUT2D eigenvalue weighted by atomic mass is 32.2.